The lowest BCUT2D eigenvalue weighted by Crippen LogP contribution is -2.38. The van der Waals surface area contributed by atoms with Crippen LogP contribution in [0, 0.1) is 0 Å². The lowest BCUT2D eigenvalue weighted by Gasteiger charge is -2.11. The van der Waals surface area contributed by atoms with Crippen molar-refractivity contribution in [2.24, 2.45) is 0 Å². The number of aliphatic hydroxyl groups is 1. The molecule has 4 nitrogen and oxygen atoms in total. The minimum absolute atomic E-state index is 0.0496. The predicted molar refractivity (Wildman–Crippen MR) is 64.3 cm³/mol. The summed E-state index contributed by atoms with van der Waals surface area (Å²) in [7, 11) is 0. The molecule has 0 aromatic heterocycles. The standard InChI is InChI=1S/C11H14BrNO3/c1-8(6-14)13-11(15)7-16-10-4-2-9(12)3-5-10/h2-5,8,14H,6-7H2,1H3,(H,13,15). The molecule has 0 bridgehead atoms. The number of halogens is 1. The first-order valence-corrected chi connectivity index (χ1v) is 5.69. The van der Waals surface area contributed by atoms with E-state index < -0.39 is 0 Å². The van der Waals surface area contributed by atoms with Crippen molar-refractivity contribution in [2.75, 3.05) is 13.2 Å². The third kappa shape index (κ3) is 4.63. The summed E-state index contributed by atoms with van der Waals surface area (Å²) in [5.41, 5.74) is 0. The zero-order valence-electron chi connectivity index (χ0n) is 8.94. The largest absolute Gasteiger partial charge is 0.484 e. The van der Waals surface area contributed by atoms with Crippen molar-refractivity contribution in [3.05, 3.63) is 28.7 Å². The quantitative estimate of drug-likeness (QED) is 0.859. The van der Waals surface area contributed by atoms with E-state index >= 15 is 0 Å². The Morgan fingerprint density at radius 2 is 2.12 bits per heavy atom. The van der Waals surface area contributed by atoms with Crippen molar-refractivity contribution in [3.8, 4) is 5.75 Å². The van der Waals surface area contributed by atoms with Gasteiger partial charge in [-0.15, -0.1) is 0 Å². The van der Waals surface area contributed by atoms with E-state index in [1.54, 1.807) is 19.1 Å². The molecule has 0 aliphatic rings. The minimum Gasteiger partial charge on any atom is -0.484 e. The van der Waals surface area contributed by atoms with Crippen LogP contribution in [0.15, 0.2) is 28.7 Å². The summed E-state index contributed by atoms with van der Waals surface area (Å²) in [6.07, 6.45) is 0. The second-order valence-electron chi connectivity index (χ2n) is 3.39. The molecule has 5 heteroatoms. The van der Waals surface area contributed by atoms with Crippen LogP contribution in [0.5, 0.6) is 5.75 Å². The van der Waals surface area contributed by atoms with Crippen LogP contribution >= 0.6 is 15.9 Å². The van der Waals surface area contributed by atoms with Gasteiger partial charge in [-0.2, -0.15) is 0 Å². The van der Waals surface area contributed by atoms with E-state index in [0.717, 1.165) is 4.47 Å². The molecule has 2 N–H and O–H groups in total. The average molecular weight is 288 g/mol. The molecule has 0 radical (unpaired) electrons. The minimum atomic E-state index is -0.249. The van der Waals surface area contributed by atoms with Gasteiger partial charge in [0.05, 0.1) is 6.61 Å². The molecule has 1 aromatic carbocycles. The van der Waals surface area contributed by atoms with Gasteiger partial charge in [-0.3, -0.25) is 4.79 Å². The number of carbonyl (C=O) groups is 1. The van der Waals surface area contributed by atoms with E-state index in [9.17, 15) is 4.79 Å². The number of hydrogen-bond acceptors (Lipinski definition) is 3. The van der Waals surface area contributed by atoms with E-state index in [2.05, 4.69) is 21.2 Å². The van der Waals surface area contributed by atoms with Crippen LogP contribution in [-0.4, -0.2) is 30.3 Å². The molecule has 1 unspecified atom stereocenters. The summed E-state index contributed by atoms with van der Waals surface area (Å²) in [5, 5.41) is 11.3. The molecule has 0 aliphatic heterocycles. The Labute approximate surface area is 103 Å². The van der Waals surface area contributed by atoms with Crippen LogP contribution in [-0.2, 0) is 4.79 Å². The third-order valence-corrected chi connectivity index (χ3v) is 2.39. The Hall–Kier alpha value is -1.07. The van der Waals surface area contributed by atoms with Crippen molar-refractivity contribution in [3.63, 3.8) is 0 Å². The number of benzene rings is 1. The molecule has 0 fully saturated rings. The first-order chi connectivity index (χ1) is 7.61. The van der Waals surface area contributed by atoms with Gasteiger partial charge in [0.2, 0.25) is 0 Å². The summed E-state index contributed by atoms with van der Waals surface area (Å²) >= 11 is 3.30. The Morgan fingerprint density at radius 1 is 1.50 bits per heavy atom. The molecule has 1 rings (SSSR count). The SMILES string of the molecule is CC(CO)NC(=O)COc1ccc(Br)cc1. The van der Waals surface area contributed by atoms with Gasteiger partial charge in [-0.1, -0.05) is 15.9 Å². The molecule has 1 amide bonds. The number of ether oxygens (including phenoxy) is 1. The highest BCUT2D eigenvalue weighted by Crippen LogP contribution is 2.15. The van der Waals surface area contributed by atoms with E-state index in [0.29, 0.717) is 5.75 Å². The summed E-state index contributed by atoms with van der Waals surface area (Å²) < 4.78 is 6.21. The van der Waals surface area contributed by atoms with Crippen LogP contribution in [0.2, 0.25) is 0 Å². The molecule has 1 atom stereocenters. The number of aliphatic hydroxyl groups excluding tert-OH is 1. The van der Waals surface area contributed by atoms with E-state index in [1.807, 2.05) is 12.1 Å². The van der Waals surface area contributed by atoms with Crippen LogP contribution < -0.4 is 10.1 Å². The molecule has 0 aliphatic carbocycles. The van der Waals surface area contributed by atoms with Crippen LogP contribution in [0.4, 0.5) is 0 Å². The van der Waals surface area contributed by atoms with Crippen molar-refractivity contribution < 1.29 is 14.6 Å². The summed E-state index contributed by atoms with van der Waals surface area (Å²) in [6, 6.07) is 6.97. The van der Waals surface area contributed by atoms with Crippen LogP contribution in [0.25, 0.3) is 0 Å². The first kappa shape index (κ1) is 13.0. The topological polar surface area (TPSA) is 58.6 Å². The fourth-order valence-corrected chi connectivity index (χ4v) is 1.31. The number of amides is 1. The maximum absolute atomic E-state index is 11.3. The average Bonchev–Trinajstić information content (AvgIpc) is 2.28. The van der Waals surface area contributed by atoms with Gasteiger partial charge >= 0.3 is 0 Å². The second-order valence-corrected chi connectivity index (χ2v) is 4.31. The van der Waals surface area contributed by atoms with Crippen molar-refractivity contribution in [1.82, 2.24) is 5.32 Å². The molecule has 88 valence electrons. The Kier molecular flexibility index (Phi) is 5.28. The van der Waals surface area contributed by atoms with Gasteiger partial charge in [-0.05, 0) is 31.2 Å². The summed E-state index contributed by atoms with van der Waals surface area (Å²) in [5.74, 6) is 0.388. The normalized spacial score (nSPS) is 11.9. The third-order valence-electron chi connectivity index (χ3n) is 1.86. The Balaban J connectivity index is 2.34. The number of rotatable bonds is 5. The van der Waals surface area contributed by atoms with E-state index in [4.69, 9.17) is 9.84 Å². The maximum Gasteiger partial charge on any atom is 0.258 e. The zero-order chi connectivity index (χ0) is 12.0. The fourth-order valence-electron chi connectivity index (χ4n) is 1.04. The molecule has 0 saturated carbocycles. The van der Waals surface area contributed by atoms with Crippen molar-refractivity contribution >= 4 is 21.8 Å². The second kappa shape index (κ2) is 6.50. The first-order valence-electron chi connectivity index (χ1n) is 4.90. The smallest absolute Gasteiger partial charge is 0.258 e. The van der Waals surface area contributed by atoms with Gasteiger partial charge in [0.15, 0.2) is 6.61 Å². The molecular formula is C11H14BrNO3. The molecule has 0 spiro atoms. The lowest BCUT2D eigenvalue weighted by atomic mass is 10.3. The van der Waals surface area contributed by atoms with Crippen molar-refractivity contribution in [2.45, 2.75) is 13.0 Å². The van der Waals surface area contributed by atoms with Gasteiger partial charge in [-0.25, -0.2) is 0 Å². The lowest BCUT2D eigenvalue weighted by molar-refractivity contribution is -0.123. The summed E-state index contributed by atoms with van der Waals surface area (Å²) in [6.45, 7) is 1.59. The fraction of sp³-hybridized carbons (Fsp3) is 0.364. The number of carbonyl (C=O) groups excluding carboxylic acids is 1. The van der Waals surface area contributed by atoms with E-state index in [-0.39, 0.29) is 25.2 Å². The van der Waals surface area contributed by atoms with Gasteiger partial charge in [0.25, 0.3) is 5.91 Å². The van der Waals surface area contributed by atoms with Gasteiger partial charge in [0, 0.05) is 10.5 Å². The highest BCUT2D eigenvalue weighted by atomic mass is 79.9. The van der Waals surface area contributed by atoms with Crippen molar-refractivity contribution in [1.29, 1.82) is 0 Å². The highest BCUT2D eigenvalue weighted by molar-refractivity contribution is 9.10. The predicted octanol–water partition coefficient (Wildman–Crippen LogP) is 1.32. The van der Waals surface area contributed by atoms with Crippen LogP contribution in [0.1, 0.15) is 6.92 Å². The summed E-state index contributed by atoms with van der Waals surface area (Å²) in [4.78, 5) is 11.3. The Morgan fingerprint density at radius 3 is 2.69 bits per heavy atom. The van der Waals surface area contributed by atoms with Gasteiger partial charge < -0.3 is 15.2 Å². The van der Waals surface area contributed by atoms with E-state index in [1.165, 1.54) is 0 Å². The molecule has 0 saturated heterocycles. The number of nitrogens with one attached hydrogen (secondary N) is 1. The molecule has 1 aromatic rings. The molecule has 0 heterocycles. The Bertz CT molecular complexity index is 340. The van der Waals surface area contributed by atoms with Crippen LogP contribution in [0.3, 0.4) is 0 Å². The maximum atomic E-state index is 11.3. The number of hydrogen-bond donors (Lipinski definition) is 2. The van der Waals surface area contributed by atoms with Gasteiger partial charge in [0.1, 0.15) is 5.75 Å². The molecular weight excluding hydrogens is 274 g/mol. The zero-order valence-corrected chi connectivity index (χ0v) is 10.5. The monoisotopic (exact) mass is 287 g/mol. The molecule has 16 heavy (non-hydrogen) atoms. The highest BCUT2D eigenvalue weighted by Gasteiger charge is 2.06.